The number of thioether (sulfide) groups is 1. The molecule has 1 aromatic rings. The van der Waals surface area contributed by atoms with Crippen LogP contribution in [0.1, 0.15) is 19.8 Å². The quantitative estimate of drug-likeness (QED) is 0.388. The molecule has 0 radical (unpaired) electrons. The van der Waals surface area contributed by atoms with Crippen LogP contribution < -0.4 is 5.32 Å². The highest BCUT2D eigenvalue weighted by Gasteiger charge is 2.14. The van der Waals surface area contributed by atoms with Gasteiger partial charge in [-0.25, -0.2) is 0 Å². The van der Waals surface area contributed by atoms with Crippen LogP contribution in [0.25, 0.3) is 0 Å². The standard InChI is InChI=1S/C15H23N3S/c1-2-16-15(18-11-6-7-12-18)17-10-13-19-14-8-4-3-5-9-14/h3-5,8-9H,2,6-7,10-13H2,1H3,(H,16,17). The first-order chi connectivity index (χ1) is 9.40. The van der Waals surface area contributed by atoms with Crippen LogP contribution in [0, 0.1) is 0 Å². The molecule has 0 unspecified atom stereocenters. The summed E-state index contributed by atoms with van der Waals surface area (Å²) in [6.45, 7) is 6.25. The molecule has 4 heteroatoms. The molecule has 1 aliphatic heterocycles. The third-order valence-electron chi connectivity index (χ3n) is 3.11. The summed E-state index contributed by atoms with van der Waals surface area (Å²) >= 11 is 1.87. The number of nitrogens with one attached hydrogen (secondary N) is 1. The first-order valence-corrected chi connectivity index (χ1v) is 8.10. The van der Waals surface area contributed by atoms with Crippen LogP contribution in [0.2, 0.25) is 0 Å². The van der Waals surface area contributed by atoms with Crippen LogP contribution in [0.5, 0.6) is 0 Å². The zero-order chi connectivity index (χ0) is 13.3. The van der Waals surface area contributed by atoms with E-state index in [0.717, 1.165) is 37.9 Å². The zero-order valence-corrected chi connectivity index (χ0v) is 12.5. The summed E-state index contributed by atoms with van der Waals surface area (Å²) in [4.78, 5) is 8.42. The summed E-state index contributed by atoms with van der Waals surface area (Å²) < 4.78 is 0. The van der Waals surface area contributed by atoms with Gasteiger partial charge in [0, 0.05) is 30.3 Å². The molecule has 1 saturated heterocycles. The summed E-state index contributed by atoms with van der Waals surface area (Å²) in [7, 11) is 0. The number of hydrogen-bond donors (Lipinski definition) is 1. The summed E-state index contributed by atoms with van der Waals surface area (Å²) in [5.41, 5.74) is 0. The van der Waals surface area contributed by atoms with Crippen molar-refractivity contribution >= 4 is 17.7 Å². The smallest absolute Gasteiger partial charge is 0.193 e. The Hall–Kier alpha value is -1.16. The molecule has 1 aliphatic rings. The number of aliphatic imine (C=N–C) groups is 1. The fraction of sp³-hybridized carbons (Fsp3) is 0.533. The molecule has 0 amide bonds. The third-order valence-corrected chi connectivity index (χ3v) is 4.10. The Labute approximate surface area is 120 Å². The first kappa shape index (κ1) is 14.3. The summed E-state index contributed by atoms with van der Waals surface area (Å²) in [6, 6.07) is 10.5. The summed E-state index contributed by atoms with van der Waals surface area (Å²) in [6.07, 6.45) is 2.59. The van der Waals surface area contributed by atoms with Gasteiger partial charge < -0.3 is 10.2 Å². The maximum Gasteiger partial charge on any atom is 0.193 e. The average molecular weight is 277 g/mol. The molecule has 0 bridgehead atoms. The Bertz CT molecular complexity index is 386. The Morgan fingerprint density at radius 2 is 2.00 bits per heavy atom. The Kier molecular flexibility index (Phi) is 6.08. The van der Waals surface area contributed by atoms with E-state index in [0.29, 0.717) is 0 Å². The highest BCUT2D eigenvalue weighted by molar-refractivity contribution is 7.99. The molecular formula is C15H23N3S. The van der Waals surface area contributed by atoms with Crippen LogP contribution in [-0.4, -0.2) is 42.8 Å². The second-order valence-corrected chi connectivity index (χ2v) is 5.76. The minimum absolute atomic E-state index is 0.873. The minimum Gasteiger partial charge on any atom is -0.357 e. The van der Waals surface area contributed by atoms with Crippen LogP contribution in [0.15, 0.2) is 40.2 Å². The SMILES string of the molecule is CCNC(=NCCSc1ccccc1)N1CCCC1. The van der Waals surface area contributed by atoms with Gasteiger partial charge in [0.1, 0.15) is 0 Å². The first-order valence-electron chi connectivity index (χ1n) is 7.11. The van der Waals surface area contributed by atoms with E-state index in [-0.39, 0.29) is 0 Å². The maximum absolute atomic E-state index is 4.72. The molecule has 3 nitrogen and oxygen atoms in total. The van der Waals surface area contributed by atoms with Gasteiger partial charge in [-0.3, -0.25) is 4.99 Å². The van der Waals surface area contributed by atoms with Crippen molar-refractivity contribution in [2.75, 3.05) is 31.9 Å². The van der Waals surface area contributed by atoms with Crippen LogP contribution >= 0.6 is 11.8 Å². The lowest BCUT2D eigenvalue weighted by molar-refractivity contribution is 0.494. The lowest BCUT2D eigenvalue weighted by Gasteiger charge is -2.20. The van der Waals surface area contributed by atoms with E-state index < -0.39 is 0 Å². The molecule has 1 aromatic carbocycles. The highest BCUT2D eigenvalue weighted by atomic mass is 32.2. The van der Waals surface area contributed by atoms with Crippen molar-refractivity contribution in [1.29, 1.82) is 0 Å². The molecule has 0 spiro atoms. The van der Waals surface area contributed by atoms with Crippen molar-refractivity contribution in [3.05, 3.63) is 30.3 Å². The number of rotatable bonds is 5. The normalized spacial score (nSPS) is 15.8. The van der Waals surface area contributed by atoms with Gasteiger partial charge >= 0.3 is 0 Å². The largest absolute Gasteiger partial charge is 0.357 e. The van der Waals surface area contributed by atoms with Gasteiger partial charge in [0.05, 0.1) is 6.54 Å². The van der Waals surface area contributed by atoms with Crippen molar-refractivity contribution in [3.63, 3.8) is 0 Å². The number of likely N-dealkylation sites (tertiary alicyclic amines) is 1. The van der Waals surface area contributed by atoms with E-state index in [4.69, 9.17) is 4.99 Å². The van der Waals surface area contributed by atoms with Crippen molar-refractivity contribution in [3.8, 4) is 0 Å². The van der Waals surface area contributed by atoms with Gasteiger partial charge in [0.25, 0.3) is 0 Å². The number of nitrogens with zero attached hydrogens (tertiary/aromatic N) is 2. The van der Waals surface area contributed by atoms with Gasteiger partial charge in [0.2, 0.25) is 0 Å². The monoisotopic (exact) mass is 277 g/mol. The average Bonchev–Trinajstić information content (AvgIpc) is 2.97. The van der Waals surface area contributed by atoms with Gasteiger partial charge in [-0.1, -0.05) is 18.2 Å². The molecule has 1 N–H and O–H groups in total. The second-order valence-electron chi connectivity index (χ2n) is 4.59. The lowest BCUT2D eigenvalue weighted by Crippen LogP contribution is -2.39. The summed E-state index contributed by atoms with van der Waals surface area (Å²) in [5, 5.41) is 3.39. The Morgan fingerprint density at radius 3 is 2.68 bits per heavy atom. The number of guanidine groups is 1. The fourth-order valence-corrected chi connectivity index (χ4v) is 2.95. The van der Waals surface area contributed by atoms with Crippen molar-refractivity contribution in [2.45, 2.75) is 24.7 Å². The van der Waals surface area contributed by atoms with Crippen molar-refractivity contribution in [2.24, 2.45) is 4.99 Å². The van der Waals surface area contributed by atoms with E-state index in [1.165, 1.54) is 17.7 Å². The third kappa shape index (κ3) is 4.78. The van der Waals surface area contributed by atoms with E-state index in [9.17, 15) is 0 Å². The van der Waals surface area contributed by atoms with E-state index in [1.54, 1.807) is 0 Å². The maximum atomic E-state index is 4.72. The van der Waals surface area contributed by atoms with Gasteiger partial charge in [-0.15, -0.1) is 11.8 Å². The highest BCUT2D eigenvalue weighted by Crippen LogP contribution is 2.16. The van der Waals surface area contributed by atoms with Gasteiger partial charge in [-0.05, 0) is 31.9 Å². The van der Waals surface area contributed by atoms with Gasteiger partial charge in [0.15, 0.2) is 5.96 Å². The predicted molar refractivity (Wildman–Crippen MR) is 84.0 cm³/mol. The summed E-state index contributed by atoms with van der Waals surface area (Å²) in [5.74, 6) is 2.13. The molecule has 104 valence electrons. The van der Waals surface area contributed by atoms with Crippen LogP contribution in [0.4, 0.5) is 0 Å². The molecule has 2 rings (SSSR count). The van der Waals surface area contributed by atoms with Crippen LogP contribution in [-0.2, 0) is 0 Å². The van der Waals surface area contributed by atoms with Crippen molar-refractivity contribution < 1.29 is 0 Å². The van der Waals surface area contributed by atoms with Crippen molar-refractivity contribution in [1.82, 2.24) is 10.2 Å². The minimum atomic E-state index is 0.873. The zero-order valence-electron chi connectivity index (χ0n) is 11.6. The lowest BCUT2D eigenvalue weighted by atomic mass is 10.4. The second kappa shape index (κ2) is 8.10. The molecule has 1 fully saturated rings. The number of benzene rings is 1. The van der Waals surface area contributed by atoms with Crippen LogP contribution in [0.3, 0.4) is 0 Å². The molecule has 0 saturated carbocycles. The molecular weight excluding hydrogens is 254 g/mol. The van der Waals surface area contributed by atoms with E-state index in [2.05, 4.69) is 47.5 Å². The predicted octanol–water partition coefficient (Wildman–Crippen LogP) is 2.84. The molecule has 0 aliphatic carbocycles. The molecule has 19 heavy (non-hydrogen) atoms. The Morgan fingerprint density at radius 1 is 1.26 bits per heavy atom. The molecule has 0 aromatic heterocycles. The fourth-order valence-electron chi connectivity index (χ4n) is 2.19. The molecule has 0 atom stereocenters. The van der Waals surface area contributed by atoms with E-state index >= 15 is 0 Å². The Balaban J connectivity index is 1.78. The van der Waals surface area contributed by atoms with Gasteiger partial charge in [-0.2, -0.15) is 0 Å². The molecule has 1 heterocycles. The topological polar surface area (TPSA) is 27.6 Å². The number of hydrogen-bond acceptors (Lipinski definition) is 2. The van der Waals surface area contributed by atoms with E-state index in [1.807, 2.05) is 11.8 Å².